The summed E-state index contributed by atoms with van der Waals surface area (Å²) in [5.41, 5.74) is 1.05. The number of nitrogens with zero attached hydrogens (tertiary/aromatic N) is 5. The number of rotatable bonds is 6. The van der Waals surface area contributed by atoms with Crippen LogP contribution in [0.5, 0.6) is 0 Å². The van der Waals surface area contributed by atoms with Gasteiger partial charge < -0.3 is 14.4 Å². The fraction of sp³-hybridized carbons (Fsp3) is 0.118. The Morgan fingerprint density at radius 3 is 2.81 bits per heavy atom. The highest BCUT2D eigenvalue weighted by Crippen LogP contribution is 2.09. The van der Waals surface area contributed by atoms with Crippen molar-refractivity contribution in [2.75, 3.05) is 0 Å². The molecule has 4 aromatic rings. The van der Waals surface area contributed by atoms with Crippen molar-refractivity contribution < 1.29 is 14.6 Å². The summed E-state index contributed by atoms with van der Waals surface area (Å²) in [5, 5.41) is 12.9. The number of carbonyl (C=O) groups is 1. The van der Waals surface area contributed by atoms with Gasteiger partial charge in [-0.05, 0) is 5.56 Å². The van der Waals surface area contributed by atoms with Gasteiger partial charge in [-0.2, -0.15) is 10.1 Å². The molecule has 4 rings (SSSR count). The molecule has 0 unspecified atom stereocenters. The van der Waals surface area contributed by atoms with Gasteiger partial charge in [-0.3, -0.25) is 9.78 Å². The van der Waals surface area contributed by atoms with Crippen LogP contribution in [0, 0.1) is 0 Å². The molecule has 10 nitrogen and oxygen atoms in total. The van der Waals surface area contributed by atoms with Crippen LogP contribution in [-0.2, 0) is 18.1 Å². The summed E-state index contributed by atoms with van der Waals surface area (Å²) < 4.78 is 8.36. The van der Waals surface area contributed by atoms with Gasteiger partial charge in [0.05, 0.1) is 24.7 Å². The third-order valence-corrected chi connectivity index (χ3v) is 3.86. The first kappa shape index (κ1) is 16.7. The van der Waals surface area contributed by atoms with Crippen LogP contribution in [0.3, 0.4) is 0 Å². The molecule has 1 aromatic carbocycles. The number of nitrogens with one attached hydrogen (secondary N) is 1. The summed E-state index contributed by atoms with van der Waals surface area (Å²) >= 11 is 0. The first-order valence-electron chi connectivity index (χ1n) is 7.97. The van der Waals surface area contributed by atoms with Crippen LogP contribution in [-0.4, -0.2) is 40.4 Å². The van der Waals surface area contributed by atoms with Crippen LogP contribution in [0.15, 0.2) is 53.8 Å². The molecule has 0 fully saturated rings. The van der Waals surface area contributed by atoms with E-state index in [2.05, 4.69) is 20.1 Å². The van der Waals surface area contributed by atoms with Crippen LogP contribution >= 0.6 is 0 Å². The van der Waals surface area contributed by atoms with Gasteiger partial charge in [0, 0.05) is 6.20 Å². The third-order valence-electron chi connectivity index (χ3n) is 3.86. The SMILES string of the molecule is O=C(O)c1cnn(-c2nc3ncn(COCc4ccccc4)c3c(=O)[nH]2)c1. The van der Waals surface area contributed by atoms with Crippen molar-refractivity contribution in [2.45, 2.75) is 13.3 Å². The molecular formula is C17H14N6O4. The number of hydrogen-bond acceptors (Lipinski definition) is 6. The minimum absolute atomic E-state index is 0.0161. The number of benzene rings is 1. The summed E-state index contributed by atoms with van der Waals surface area (Å²) in [5.74, 6) is -1.04. The van der Waals surface area contributed by atoms with Gasteiger partial charge in [-0.1, -0.05) is 30.3 Å². The maximum Gasteiger partial charge on any atom is 0.338 e. The van der Waals surface area contributed by atoms with Gasteiger partial charge >= 0.3 is 5.97 Å². The predicted molar refractivity (Wildman–Crippen MR) is 93.5 cm³/mol. The van der Waals surface area contributed by atoms with E-state index in [1.807, 2.05) is 30.3 Å². The van der Waals surface area contributed by atoms with Crippen molar-refractivity contribution in [1.82, 2.24) is 29.3 Å². The second-order valence-electron chi connectivity index (χ2n) is 5.72. The number of H-pyrrole nitrogens is 1. The second kappa shape index (κ2) is 6.84. The average Bonchev–Trinajstić information content (AvgIpc) is 3.30. The molecule has 0 aliphatic heterocycles. The molecule has 0 radical (unpaired) electrons. The lowest BCUT2D eigenvalue weighted by molar-refractivity contribution is 0.0663. The summed E-state index contributed by atoms with van der Waals surface area (Å²) in [6.45, 7) is 0.537. The molecule has 136 valence electrons. The van der Waals surface area contributed by atoms with E-state index in [1.54, 1.807) is 4.57 Å². The number of carboxylic acid groups (broad SMARTS) is 1. The quantitative estimate of drug-likeness (QED) is 0.524. The van der Waals surface area contributed by atoms with Crippen LogP contribution in [0.25, 0.3) is 17.1 Å². The zero-order valence-corrected chi connectivity index (χ0v) is 13.9. The van der Waals surface area contributed by atoms with Gasteiger partial charge in [0.15, 0.2) is 11.2 Å². The highest BCUT2D eigenvalue weighted by atomic mass is 16.5. The summed E-state index contributed by atoms with van der Waals surface area (Å²) in [4.78, 5) is 34.4. The van der Waals surface area contributed by atoms with E-state index >= 15 is 0 Å². The number of aromatic nitrogens is 6. The zero-order valence-electron chi connectivity index (χ0n) is 13.9. The Morgan fingerprint density at radius 2 is 2.07 bits per heavy atom. The van der Waals surface area contributed by atoms with Crippen LogP contribution in [0.1, 0.15) is 15.9 Å². The lowest BCUT2D eigenvalue weighted by Gasteiger charge is -2.06. The molecule has 0 amide bonds. The van der Waals surface area contributed by atoms with Crippen molar-refractivity contribution in [2.24, 2.45) is 0 Å². The van der Waals surface area contributed by atoms with Gasteiger partial charge in [0.2, 0.25) is 5.95 Å². The van der Waals surface area contributed by atoms with Crippen LogP contribution in [0.2, 0.25) is 0 Å². The molecule has 0 atom stereocenters. The van der Waals surface area contributed by atoms with Crippen molar-refractivity contribution in [3.8, 4) is 5.95 Å². The molecule has 0 saturated carbocycles. The molecule has 10 heteroatoms. The molecule has 0 aliphatic rings. The normalized spacial score (nSPS) is 11.1. The Morgan fingerprint density at radius 1 is 1.26 bits per heavy atom. The summed E-state index contributed by atoms with van der Waals surface area (Å²) in [6, 6.07) is 9.66. The second-order valence-corrected chi connectivity index (χ2v) is 5.72. The standard InChI is InChI=1S/C17H14N6O4/c24-15-13-14(20-17(21-15)23-7-12(6-19-23)16(25)26)18-9-22(13)10-27-8-11-4-2-1-3-5-11/h1-7,9H,8,10H2,(H,25,26)(H,20,21,24). The molecule has 3 heterocycles. The number of ether oxygens (including phenoxy) is 1. The first-order valence-corrected chi connectivity index (χ1v) is 7.97. The van der Waals surface area contributed by atoms with E-state index in [0.717, 1.165) is 5.56 Å². The van der Waals surface area contributed by atoms with Crippen molar-refractivity contribution >= 4 is 17.1 Å². The highest BCUT2D eigenvalue weighted by Gasteiger charge is 2.14. The fourth-order valence-electron chi connectivity index (χ4n) is 2.57. The Bertz CT molecular complexity index is 1160. The lowest BCUT2D eigenvalue weighted by atomic mass is 10.2. The molecule has 2 N–H and O–H groups in total. The highest BCUT2D eigenvalue weighted by molar-refractivity contribution is 5.86. The fourth-order valence-corrected chi connectivity index (χ4v) is 2.57. The van der Waals surface area contributed by atoms with Crippen LogP contribution < -0.4 is 5.56 Å². The molecule has 0 aliphatic carbocycles. The molecular weight excluding hydrogens is 352 g/mol. The number of carboxylic acids is 1. The van der Waals surface area contributed by atoms with Gasteiger partial charge in [0.25, 0.3) is 5.56 Å². The molecule has 27 heavy (non-hydrogen) atoms. The van der Waals surface area contributed by atoms with Crippen molar-refractivity contribution in [3.05, 3.63) is 70.5 Å². The number of hydrogen-bond donors (Lipinski definition) is 2. The van der Waals surface area contributed by atoms with Crippen molar-refractivity contribution in [3.63, 3.8) is 0 Å². The topological polar surface area (TPSA) is 128 Å². The smallest absolute Gasteiger partial charge is 0.338 e. The van der Waals surface area contributed by atoms with E-state index < -0.39 is 11.5 Å². The maximum absolute atomic E-state index is 12.5. The van der Waals surface area contributed by atoms with E-state index in [4.69, 9.17) is 9.84 Å². The van der Waals surface area contributed by atoms with E-state index in [0.29, 0.717) is 6.61 Å². The molecule has 3 aromatic heterocycles. The third kappa shape index (κ3) is 3.33. The Balaban J connectivity index is 1.58. The maximum atomic E-state index is 12.5. The number of imidazole rings is 1. The monoisotopic (exact) mass is 366 g/mol. The number of fused-ring (bicyclic) bond motifs is 1. The molecule has 0 saturated heterocycles. The zero-order chi connectivity index (χ0) is 18.8. The predicted octanol–water partition coefficient (Wildman–Crippen LogP) is 1.18. The lowest BCUT2D eigenvalue weighted by Crippen LogP contribution is -2.17. The molecule has 0 bridgehead atoms. The van der Waals surface area contributed by atoms with Gasteiger partial charge in [-0.15, -0.1) is 0 Å². The van der Waals surface area contributed by atoms with Crippen molar-refractivity contribution in [1.29, 1.82) is 0 Å². The minimum Gasteiger partial charge on any atom is -0.478 e. The van der Waals surface area contributed by atoms with E-state index in [9.17, 15) is 9.59 Å². The Kier molecular flexibility index (Phi) is 4.22. The van der Waals surface area contributed by atoms with E-state index in [-0.39, 0.29) is 29.4 Å². The Labute approximate surface area is 151 Å². The average molecular weight is 366 g/mol. The molecule has 0 spiro atoms. The van der Waals surface area contributed by atoms with Gasteiger partial charge in [-0.25, -0.2) is 14.5 Å². The summed E-state index contributed by atoms with van der Waals surface area (Å²) in [7, 11) is 0. The minimum atomic E-state index is -1.12. The Hall–Kier alpha value is -3.79. The van der Waals surface area contributed by atoms with Crippen LogP contribution in [0.4, 0.5) is 0 Å². The first-order chi connectivity index (χ1) is 13.1. The summed E-state index contributed by atoms with van der Waals surface area (Å²) in [6.07, 6.45) is 3.89. The van der Waals surface area contributed by atoms with E-state index in [1.165, 1.54) is 23.4 Å². The number of aromatic amines is 1. The van der Waals surface area contributed by atoms with Gasteiger partial charge in [0.1, 0.15) is 6.73 Å². The largest absolute Gasteiger partial charge is 0.478 e. The number of aromatic carboxylic acids is 1.